The van der Waals surface area contributed by atoms with Crippen molar-refractivity contribution in [3.05, 3.63) is 58.1 Å². The fourth-order valence-electron chi connectivity index (χ4n) is 2.24. The highest BCUT2D eigenvalue weighted by molar-refractivity contribution is 9.10. The summed E-state index contributed by atoms with van der Waals surface area (Å²) < 4.78 is 32.7. The van der Waals surface area contributed by atoms with Crippen LogP contribution in [0.15, 0.2) is 40.9 Å². The van der Waals surface area contributed by atoms with Crippen molar-refractivity contribution >= 4 is 21.6 Å². The average Bonchev–Trinajstić information content (AvgIpc) is 2.82. The van der Waals surface area contributed by atoms with Gasteiger partial charge in [-0.3, -0.25) is 0 Å². The maximum atomic E-state index is 13.1. The molecule has 0 saturated carbocycles. The molecule has 1 unspecified atom stereocenters. The van der Waals surface area contributed by atoms with E-state index in [-0.39, 0.29) is 6.10 Å². The minimum atomic E-state index is -0.852. The van der Waals surface area contributed by atoms with Gasteiger partial charge in [-0.05, 0) is 35.9 Å². The quantitative estimate of drug-likeness (QED) is 0.907. The number of benzene rings is 2. The summed E-state index contributed by atoms with van der Waals surface area (Å²) >= 11 is 3.43. The minimum Gasteiger partial charge on any atom is -0.488 e. The zero-order valence-electron chi connectivity index (χ0n) is 10.5. The third-order valence-corrected chi connectivity index (χ3v) is 3.71. The van der Waals surface area contributed by atoms with Crippen LogP contribution in [0.5, 0.6) is 5.75 Å². The molecule has 2 aromatic carbocycles. The summed E-state index contributed by atoms with van der Waals surface area (Å²) in [7, 11) is 0. The van der Waals surface area contributed by atoms with Crippen molar-refractivity contribution in [1.82, 2.24) is 0 Å². The topological polar surface area (TPSA) is 21.3 Å². The summed E-state index contributed by atoms with van der Waals surface area (Å²) in [6.07, 6.45) is 0.790. The van der Waals surface area contributed by atoms with Gasteiger partial charge in [-0.15, -0.1) is 0 Å². The lowest BCUT2D eigenvalue weighted by Gasteiger charge is -2.13. The van der Waals surface area contributed by atoms with Gasteiger partial charge in [-0.2, -0.15) is 0 Å². The van der Waals surface area contributed by atoms with Crippen LogP contribution >= 0.6 is 15.9 Å². The van der Waals surface area contributed by atoms with Gasteiger partial charge >= 0.3 is 0 Å². The Kier molecular flexibility index (Phi) is 3.61. The van der Waals surface area contributed by atoms with Crippen LogP contribution in [-0.2, 0) is 6.42 Å². The van der Waals surface area contributed by atoms with E-state index >= 15 is 0 Å². The first-order valence-corrected chi connectivity index (χ1v) is 7.05. The summed E-state index contributed by atoms with van der Waals surface area (Å²) in [5.41, 5.74) is 1.70. The molecule has 1 aliphatic heterocycles. The van der Waals surface area contributed by atoms with Crippen LogP contribution in [0.1, 0.15) is 5.56 Å². The molecular formula is C15H12BrF2NO. The maximum absolute atomic E-state index is 13.1. The van der Waals surface area contributed by atoms with Gasteiger partial charge in [0.25, 0.3) is 0 Å². The maximum Gasteiger partial charge on any atom is 0.160 e. The highest BCUT2D eigenvalue weighted by Gasteiger charge is 2.22. The van der Waals surface area contributed by atoms with Crippen molar-refractivity contribution in [3.63, 3.8) is 0 Å². The second kappa shape index (κ2) is 5.40. The number of ether oxygens (including phenoxy) is 1. The largest absolute Gasteiger partial charge is 0.488 e. The Morgan fingerprint density at radius 3 is 2.80 bits per heavy atom. The number of rotatable bonds is 3. The van der Waals surface area contributed by atoms with Crippen LogP contribution in [0.2, 0.25) is 0 Å². The van der Waals surface area contributed by atoms with Crippen LogP contribution in [0.3, 0.4) is 0 Å². The lowest BCUT2D eigenvalue weighted by molar-refractivity contribution is 0.246. The summed E-state index contributed by atoms with van der Waals surface area (Å²) in [5.74, 6) is -0.815. The molecule has 0 bridgehead atoms. The molecule has 0 aromatic heterocycles. The Hall–Kier alpha value is -1.62. The summed E-state index contributed by atoms with van der Waals surface area (Å²) in [6.45, 7) is 0.539. The number of hydrogen-bond acceptors (Lipinski definition) is 2. The predicted octanol–water partition coefficient (Wildman–Crippen LogP) is 4.14. The molecule has 1 heterocycles. The molecule has 20 heavy (non-hydrogen) atoms. The number of hydrogen-bond donors (Lipinski definition) is 1. The molecule has 0 spiro atoms. The number of nitrogens with one attached hydrogen (secondary N) is 1. The van der Waals surface area contributed by atoms with Crippen molar-refractivity contribution in [2.24, 2.45) is 0 Å². The fraction of sp³-hybridized carbons (Fsp3) is 0.200. The van der Waals surface area contributed by atoms with E-state index in [2.05, 4.69) is 21.2 Å². The Morgan fingerprint density at radius 1 is 1.15 bits per heavy atom. The first-order chi connectivity index (χ1) is 9.61. The van der Waals surface area contributed by atoms with E-state index in [1.807, 2.05) is 18.2 Å². The van der Waals surface area contributed by atoms with Crippen molar-refractivity contribution in [2.75, 3.05) is 11.9 Å². The second-order valence-electron chi connectivity index (χ2n) is 4.71. The SMILES string of the molecule is Fc1ccc(NCC2Cc3cc(Br)ccc3O2)cc1F. The standard InChI is InChI=1S/C15H12BrF2NO/c16-10-1-4-15-9(5-10)6-12(20-15)8-19-11-2-3-13(17)14(18)7-11/h1-5,7,12,19H,6,8H2. The molecule has 0 radical (unpaired) electrons. The summed E-state index contributed by atoms with van der Waals surface area (Å²) in [5, 5.41) is 3.06. The smallest absolute Gasteiger partial charge is 0.160 e. The van der Waals surface area contributed by atoms with Gasteiger partial charge in [-0.1, -0.05) is 15.9 Å². The molecule has 1 N–H and O–H groups in total. The van der Waals surface area contributed by atoms with Gasteiger partial charge in [0.2, 0.25) is 0 Å². The highest BCUT2D eigenvalue weighted by Crippen LogP contribution is 2.31. The zero-order chi connectivity index (χ0) is 14.1. The summed E-state index contributed by atoms with van der Waals surface area (Å²) in [6, 6.07) is 9.66. The molecule has 2 aromatic rings. The number of fused-ring (bicyclic) bond motifs is 1. The van der Waals surface area contributed by atoms with E-state index in [4.69, 9.17) is 4.74 Å². The van der Waals surface area contributed by atoms with E-state index in [1.54, 1.807) is 0 Å². The van der Waals surface area contributed by atoms with Gasteiger partial charge in [0.05, 0.1) is 6.54 Å². The molecule has 0 amide bonds. The van der Waals surface area contributed by atoms with Crippen molar-refractivity contribution < 1.29 is 13.5 Å². The first kappa shape index (κ1) is 13.4. The average molecular weight is 340 g/mol. The molecule has 2 nitrogen and oxygen atoms in total. The molecule has 104 valence electrons. The van der Waals surface area contributed by atoms with E-state index in [0.29, 0.717) is 12.2 Å². The monoisotopic (exact) mass is 339 g/mol. The molecule has 0 fully saturated rings. The minimum absolute atomic E-state index is 0.00702. The molecular weight excluding hydrogens is 328 g/mol. The van der Waals surface area contributed by atoms with Gasteiger partial charge in [0.1, 0.15) is 11.9 Å². The third kappa shape index (κ3) is 2.77. The predicted molar refractivity (Wildman–Crippen MR) is 77.1 cm³/mol. The van der Waals surface area contributed by atoms with Crippen LogP contribution in [0, 0.1) is 11.6 Å². The first-order valence-electron chi connectivity index (χ1n) is 6.26. The molecule has 3 rings (SSSR count). The number of halogens is 3. The number of anilines is 1. The fourth-order valence-corrected chi connectivity index (χ4v) is 2.65. The lowest BCUT2D eigenvalue weighted by Crippen LogP contribution is -2.24. The Labute approximate surface area is 123 Å². The van der Waals surface area contributed by atoms with Gasteiger partial charge in [0.15, 0.2) is 11.6 Å². The van der Waals surface area contributed by atoms with Crippen LogP contribution < -0.4 is 10.1 Å². The Morgan fingerprint density at radius 2 is 2.00 bits per heavy atom. The van der Waals surface area contributed by atoms with Crippen LogP contribution in [0.4, 0.5) is 14.5 Å². The normalized spacial score (nSPS) is 16.6. The Bertz CT molecular complexity index is 648. The second-order valence-corrected chi connectivity index (χ2v) is 5.62. The molecule has 0 saturated heterocycles. The van der Waals surface area contributed by atoms with Crippen molar-refractivity contribution in [1.29, 1.82) is 0 Å². The molecule has 1 atom stereocenters. The third-order valence-electron chi connectivity index (χ3n) is 3.22. The van der Waals surface area contributed by atoms with E-state index in [9.17, 15) is 8.78 Å². The van der Waals surface area contributed by atoms with Gasteiger partial charge in [-0.25, -0.2) is 8.78 Å². The van der Waals surface area contributed by atoms with Crippen LogP contribution in [-0.4, -0.2) is 12.6 Å². The zero-order valence-corrected chi connectivity index (χ0v) is 12.1. The molecule has 1 aliphatic rings. The van der Waals surface area contributed by atoms with Gasteiger partial charge in [0, 0.05) is 22.6 Å². The summed E-state index contributed by atoms with van der Waals surface area (Å²) in [4.78, 5) is 0. The highest BCUT2D eigenvalue weighted by atomic mass is 79.9. The van der Waals surface area contributed by atoms with E-state index in [0.717, 1.165) is 34.3 Å². The Balaban J connectivity index is 1.62. The van der Waals surface area contributed by atoms with Crippen molar-refractivity contribution in [3.8, 4) is 5.75 Å². The molecule has 0 aliphatic carbocycles. The van der Waals surface area contributed by atoms with Gasteiger partial charge < -0.3 is 10.1 Å². The lowest BCUT2D eigenvalue weighted by atomic mass is 10.1. The van der Waals surface area contributed by atoms with E-state index < -0.39 is 11.6 Å². The molecule has 5 heteroatoms. The van der Waals surface area contributed by atoms with Crippen LogP contribution in [0.25, 0.3) is 0 Å². The van der Waals surface area contributed by atoms with E-state index in [1.165, 1.54) is 6.07 Å². The van der Waals surface area contributed by atoms with Crippen molar-refractivity contribution in [2.45, 2.75) is 12.5 Å².